The number of carbonyl (C=O) groups excluding carboxylic acids is 2. The molecule has 1 aliphatic carbocycles. The summed E-state index contributed by atoms with van der Waals surface area (Å²) >= 11 is 0. The molecule has 1 aromatic rings. The number of hydrogen-bond acceptors (Lipinski definition) is 3. The number of likely N-dealkylation sites (tertiary alicyclic amines) is 1. The van der Waals surface area contributed by atoms with E-state index in [1.165, 1.54) is 0 Å². The lowest BCUT2D eigenvalue weighted by atomic mass is 9.97. The highest BCUT2D eigenvalue weighted by Gasteiger charge is 2.48. The van der Waals surface area contributed by atoms with Crippen LogP contribution in [0.2, 0.25) is 0 Å². The number of amides is 2. The predicted octanol–water partition coefficient (Wildman–Crippen LogP) is 3.48. The highest BCUT2D eigenvalue weighted by atomic mass is 16.6. The molecule has 2 amide bonds. The van der Waals surface area contributed by atoms with Gasteiger partial charge < -0.3 is 15.0 Å². The standard InChI is InChI=1S/C20H28N2O3/c1-19(2,3)25-18(24)21-20(9-10-20)12-16-11-17(23)22(14-16)13-15-7-5-4-6-8-15/h4-8,16H,9-14H2,1-3H3,(H,21,24). The van der Waals surface area contributed by atoms with E-state index < -0.39 is 5.60 Å². The summed E-state index contributed by atoms with van der Waals surface area (Å²) in [6, 6.07) is 10.1. The summed E-state index contributed by atoms with van der Waals surface area (Å²) in [5.41, 5.74) is 0.496. The van der Waals surface area contributed by atoms with Crippen molar-refractivity contribution in [3.63, 3.8) is 0 Å². The molecule has 3 rings (SSSR count). The van der Waals surface area contributed by atoms with Gasteiger partial charge in [-0.2, -0.15) is 0 Å². The minimum atomic E-state index is -0.490. The van der Waals surface area contributed by atoms with Crippen LogP contribution in [0.4, 0.5) is 4.79 Å². The molecule has 136 valence electrons. The zero-order chi connectivity index (χ0) is 18.1. The third-order valence-electron chi connectivity index (χ3n) is 4.81. The molecule has 2 aliphatic rings. The van der Waals surface area contributed by atoms with Gasteiger partial charge in [0, 0.05) is 25.0 Å². The van der Waals surface area contributed by atoms with Crippen molar-refractivity contribution >= 4 is 12.0 Å². The summed E-state index contributed by atoms with van der Waals surface area (Å²) in [7, 11) is 0. The Kier molecular flexibility index (Phi) is 4.76. The smallest absolute Gasteiger partial charge is 0.408 e. The zero-order valence-corrected chi connectivity index (χ0v) is 15.4. The van der Waals surface area contributed by atoms with Crippen molar-refractivity contribution in [1.29, 1.82) is 0 Å². The average molecular weight is 344 g/mol. The van der Waals surface area contributed by atoms with Gasteiger partial charge in [-0.05, 0) is 51.5 Å². The van der Waals surface area contributed by atoms with Crippen molar-refractivity contribution in [3.05, 3.63) is 35.9 Å². The van der Waals surface area contributed by atoms with Gasteiger partial charge in [-0.15, -0.1) is 0 Å². The van der Waals surface area contributed by atoms with Gasteiger partial charge in [-0.1, -0.05) is 30.3 Å². The van der Waals surface area contributed by atoms with Crippen LogP contribution in [0.1, 0.15) is 52.0 Å². The minimum Gasteiger partial charge on any atom is -0.444 e. The maximum atomic E-state index is 12.3. The molecule has 5 heteroatoms. The Bertz CT molecular complexity index is 632. The molecule has 1 N–H and O–H groups in total. The van der Waals surface area contributed by atoms with E-state index in [2.05, 4.69) is 5.32 Å². The molecule has 1 atom stereocenters. The Labute approximate surface area is 149 Å². The second-order valence-electron chi connectivity index (χ2n) is 8.44. The molecule has 0 aromatic heterocycles. The molecule has 1 heterocycles. The second-order valence-corrected chi connectivity index (χ2v) is 8.44. The van der Waals surface area contributed by atoms with Gasteiger partial charge in [0.25, 0.3) is 0 Å². The summed E-state index contributed by atoms with van der Waals surface area (Å²) in [5.74, 6) is 0.510. The van der Waals surface area contributed by atoms with Gasteiger partial charge in [0.05, 0.1) is 0 Å². The molecule has 1 unspecified atom stereocenters. The minimum absolute atomic E-state index is 0.171. The molecule has 0 spiro atoms. The van der Waals surface area contributed by atoms with Crippen molar-refractivity contribution in [3.8, 4) is 0 Å². The Hall–Kier alpha value is -2.04. The average Bonchev–Trinajstić information content (AvgIpc) is 3.15. The molecule has 0 bridgehead atoms. The molecule has 1 aromatic carbocycles. The molecule has 25 heavy (non-hydrogen) atoms. The van der Waals surface area contributed by atoms with E-state index in [4.69, 9.17) is 4.74 Å². The van der Waals surface area contributed by atoms with E-state index in [0.29, 0.717) is 18.9 Å². The van der Waals surface area contributed by atoms with Crippen LogP contribution in [0.3, 0.4) is 0 Å². The van der Waals surface area contributed by atoms with E-state index in [9.17, 15) is 9.59 Å². The number of rotatable bonds is 5. The normalized spacial score (nSPS) is 22.0. The summed E-state index contributed by atoms with van der Waals surface area (Å²) in [4.78, 5) is 26.3. The number of hydrogen-bond donors (Lipinski definition) is 1. The Morgan fingerprint density at radius 2 is 1.96 bits per heavy atom. The summed E-state index contributed by atoms with van der Waals surface area (Å²) in [6.45, 7) is 7.03. The van der Waals surface area contributed by atoms with Crippen molar-refractivity contribution in [2.75, 3.05) is 6.54 Å². The van der Waals surface area contributed by atoms with Crippen LogP contribution in [0.5, 0.6) is 0 Å². The maximum absolute atomic E-state index is 12.3. The molecule has 2 fully saturated rings. The second kappa shape index (κ2) is 6.70. The lowest BCUT2D eigenvalue weighted by Crippen LogP contribution is -2.42. The van der Waals surface area contributed by atoms with E-state index in [1.807, 2.05) is 56.0 Å². The quantitative estimate of drug-likeness (QED) is 0.889. The maximum Gasteiger partial charge on any atom is 0.408 e. The van der Waals surface area contributed by atoms with Crippen molar-refractivity contribution in [2.24, 2.45) is 5.92 Å². The Morgan fingerprint density at radius 1 is 1.28 bits per heavy atom. The number of carbonyl (C=O) groups is 2. The first-order valence-corrected chi connectivity index (χ1v) is 9.08. The van der Waals surface area contributed by atoms with Crippen LogP contribution in [0.15, 0.2) is 30.3 Å². The van der Waals surface area contributed by atoms with Crippen LogP contribution in [-0.2, 0) is 16.1 Å². The highest BCUT2D eigenvalue weighted by molar-refractivity contribution is 5.78. The van der Waals surface area contributed by atoms with Crippen LogP contribution in [0.25, 0.3) is 0 Å². The molecule has 5 nitrogen and oxygen atoms in total. The summed E-state index contributed by atoms with van der Waals surface area (Å²) in [6.07, 6.45) is 3.01. The van der Waals surface area contributed by atoms with Gasteiger partial charge in [0.2, 0.25) is 5.91 Å². The molecule has 1 saturated carbocycles. The van der Waals surface area contributed by atoms with E-state index in [-0.39, 0.29) is 17.5 Å². The van der Waals surface area contributed by atoms with Crippen LogP contribution >= 0.6 is 0 Å². The van der Waals surface area contributed by atoms with Crippen LogP contribution < -0.4 is 5.32 Å². The van der Waals surface area contributed by atoms with Crippen LogP contribution in [-0.4, -0.2) is 34.6 Å². The number of alkyl carbamates (subject to hydrolysis) is 1. The van der Waals surface area contributed by atoms with E-state index in [0.717, 1.165) is 31.4 Å². The van der Waals surface area contributed by atoms with Gasteiger partial charge in [-0.25, -0.2) is 4.79 Å². The molecular formula is C20H28N2O3. The lowest BCUT2D eigenvalue weighted by Gasteiger charge is -2.25. The molecule has 1 aliphatic heterocycles. The first kappa shape index (κ1) is 17.8. The zero-order valence-electron chi connectivity index (χ0n) is 15.4. The van der Waals surface area contributed by atoms with Crippen molar-refractivity contribution in [1.82, 2.24) is 10.2 Å². The first-order valence-electron chi connectivity index (χ1n) is 9.08. The predicted molar refractivity (Wildman–Crippen MR) is 95.9 cm³/mol. The number of ether oxygens (including phenoxy) is 1. The van der Waals surface area contributed by atoms with Gasteiger partial charge in [-0.3, -0.25) is 4.79 Å². The van der Waals surface area contributed by atoms with E-state index in [1.54, 1.807) is 0 Å². The first-order chi connectivity index (χ1) is 11.7. The topological polar surface area (TPSA) is 58.6 Å². The summed E-state index contributed by atoms with van der Waals surface area (Å²) < 4.78 is 5.37. The van der Waals surface area contributed by atoms with Crippen molar-refractivity contribution < 1.29 is 14.3 Å². The fraction of sp³-hybridized carbons (Fsp3) is 0.600. The van der Waals surface area contributed by atoms with Crippen LogP contribution in [0, 0.1) is 5.92 Å². The van der Waals surface area contributed by atoms with Gasteiger partial charge >= 0.3 is 6.09 Å². The SMILES string of the molecule is CC(C)(C)OC(=O)NC1(CC2CC(=O)N(Cc3ccccc3)C2)CC1. The Morgan fingerprint density at radius 3 is 2.56 bits per heavy atom. The molecule has 0 radical (unpaired) electrons. The third-order valence-corrected chi connectivity index (χ3v) is 4.81. The number of nitrogens with one attached hydrogen (secondary N) is 1. The Balaban J connectivity index is 1.52. The fourth-order valence-corrected chi connectivity index (χ4v) is 3.55. The van der Waals surface area contributed by atoms with Gasteiger partial charge in [0.15, 0.2) is 0 Å². The number of nitrogens with zero attached hydrogens (tertiary/aromatic N) is 1. The fourth-order valence-electron chi connectivity index (χ4n) is 3.55. The monoisotopic (exact) mass is 344 g/mol. The van der Waals surface area contributed by atoms with Gasteiger partial charge in [0.1, 0.15) is 5.60 Å². The van der Waals surface area contributed by atoms with Crippen molar-refractivity contribution in [2.45, 2.75) is 64.1 Å². The highest BCUT2D eigenvalue weighted by Crippen LogP contribution is 2.43. The summed E-state index contributed by atoms with van der Waals surface area (Å²) in [5, 5.41) is 3.04. The molecular weight excluding hydrogens is 316 g/mol. The largest absolute Gasteiger partial charge is 0.444 e. The molecule has 1 saturated heterocycles. The number of benzene rings is 1. The van der Waals surface area contributed by atoms with E-state index >= 15 is 0 Å². The third kappa shape index (κ3) is 4.97. The lowest BCUT2D eigenvalue weighted by molar-refractivity contribution is -0.128.